The maximum atomic E-state index is 11.7. The second-order valence-electron chi connectivity index (χ2n) is 3.16. The first-order valence-electron chi connectivity index (χ1n) is 4.93. The van der Waals surface area contributed by atoms with Gasteiger partial charge in [0.05, 0.1) is 17.9 Å². The van der Waals surface area contributed by atoms with Gasteiger partial charge in [-0.1, -0.05) is 18.5 Å². The molecule has 0 saturated heterocycles. The van der Waals surface area contributed by atoms with E-state index in [4.69, 9.17) is 16.3 Å². The Balaban J connectivity index is 3.20. The van der Waals surface area contributed by atoms with Crippen molar-refractivity contribution in [3.05, 3.63) is 28.0 Å². The van der Waals surface area contributed by atoms with Crippen LogP contribution in [-0.4, -0.2) is 17.6 Å². The van der Waals surface area contributed by atoms with Gasteiger partial charge in [0.2, 0.25) is 0 Å². The van der Waals surface area contributed by atoms with Crippen LogP contribution in [0, 0.1) is 6.92 Å². The highest BCUT2D eigenvalue weighted by atomic mass is 35.5. The first-order valence-corrected chi connectivity index (χ1v) is 5.31. The number of esters is 1. The Labute approximate surface area is 94.4 Å². The van der Waals surface area contributed by atoms with Crippen molar-refractivity contribution in [3.8, 4) is 0 Å². The number of rotatable bonds is 3. The second-order valence-corrected chi connectivity index (χ2v) is 3.54. The van der Waals surface area contributed by atoms with E-state index in [9.17, 15) is 4.79 Å². The van der Waals surface area contributed by atoms with E-state index in [0.717, 1.165) is 5.56 Å². The highest BCUT2D eigenvalue weighted by Crippen LogP contribution is 2.18. The average Bonchev–Trinajstić information content (AvgIpc) is 2.16. The molecule has 1 heterocycles. The molecule has 82 valence electrons. The number of pyridine rings is 1. The van der Waals surface area contributed by atoms with Crippen molar-refractivity contribution in [2.24, 2.45) is 0 Å². The molecule has 4 heteroatoms. The fourth-order valence-electron chi connectivity index (χ4n) is 1.43. The Kier molecular flexibility index (Phi) is 4.09. The number of ether oxygens (including phenoxy) is 1. The Hall–Kier alpha value is -1.09. The molecule has 0 bridgehead atoms. The number of aryl methyl sites for hydroxylation is 2. The summed E-state index contributed by atoms with van der Waals surface area (Å²) >= 11 is 5.82. The van der Waals surface area contributed by atoms with Crippen molar-refractivity contribution < 1.29 is 9.53 Å². The van der Waals surface area contributed by atoms with Crippen molar-refractivity contribution in [3.63, 3.8) is 0 Å². The standard InChI is InChI=1S/C11H14ClNO2/c1-4-8-10(11(14)15-5-2)7(3)6-9(12)13-8/h6H,4-5H2,1-3H3. The predicted molar refractivity (Wildman–Crippen MR) is 59.3 cm³/mol. The fourth-order valence-corrected chi connectivity index (χ4v) is 1.70. The molecule has 3 nitrogen and oxygen atoms in total. The first-order chi connectivity index (χ1) is 7.10. The molecule has 0 aromatic carbocycles. The summed E-state index contributed by atoms with van der Waals surface area (Å²) in [7, 11) is 0. The van der Waals surface area contributed by atoms with Gasteiger partial charge in [-0.25, -0.2) is 9.78 Å². The van der Waals surface area contributed by atoms with Crippen molar-refractivity contribution >= 4 is 17.6 Å². The van der Waals surface area contributed by atoms with Crippen LogP contribution in [0.25, 0.3) is 0 Å². The van der Waals surface area contributed by atoms with Gasteiger partial charge in [-0.2, -0.15) is 0 Å². The van der Waals surface area contributed by atoms with Crippen LogP contribution in [-0.2, 0) is 11.2 Å². The number of hydrogen-bond acceptors (Lipinski definition) is 3. The zero-order valence-electron chi connectivity index (χ0n) is 9.13. The van der Waals surface area contributed by atoms with Crippen LogP contribution >= 0.6 is 11.6 Å². The number of aromatic nitrogens is 1. The van der Waals surface area contributed by atoms with Crippen LogP contribution in [0.3, 0.4) is 0 Å². The van der Waals surface area contributed by atoms with Crippen LogP contribution in [0.2, 0.25) is 5.15 Å². The van der Waals surface area contributed by atoms with Crippen LogP contribution in [0.4, 0.5) is 0 Å². The minimum absolute atomic E-state index is 0.323. The number of hydrogen-bond donors (Lipinski definition) is 0. The van der Waals surface area contributed by atoms with E-state index < -0.39 is 0 Å². The van der Waals surface area contributed by atoms with Gasteiger partial charge in [-0.05, 0) is 31.9 Å². The van der Waals surface area contributed by atoms with Gasteiger partial charge in [-0.15, -0.1) is 0 Å². The molecule has 1 aromatic rings. The van der Waals surface area contributed by atoms with Crippen molar-refractivity contribution in [1.82, 2.24) is 4.98 Å². The molecule has 0 aliphatic heterocycles. The van der Waals surface area contributed by atoms with Gasteiger partial charge < -0.3 is 4.74 Å². The van der Waals surface area contributed by atoms with Crippen molar-refractivity contribution in [2.75, 3.05) is 6.61 Å². The van der Waals surface area contributed by atoms with Gasteiger partial charge in [0.25, 0.3) is 0 Å². The Morgan fingerprint density at radius 3 is 2.73 bits per heavy atom. The maximum Gasteiger partial charge on any atom is 0.340 e. The molecular formula is C11H14ClNO2. The largest absolute Gasteiger partial charge is 0.462 e. The molecule has 1 aromatic heterocycles. The Bertz CT molecular complexity index is 377. The van der Waals surface area contributed by atoms with Crippen molar-refractivity contribution in [1.29, 1.82) is 0 Å². The predicted octanol–water partition coefficient (Wildman–Crippen LogP) is 2.78. The molecule has 0 aliphatic carbocycles. The van der Waals surface area contributed by atoms with Gasteiger partial charge in [0.15, 0.2) is 0 Å². The van der Waals surface area contributed by atoms with Crippen LogP contribution in [0.5, 0.6) is 0 Å². The molecule has 0 unspecified atom stereocenters. The summed E-state index contributed by atoms with van der Waals surface area (Å²) in [5.74, 6) is -0.323. The lowest BCUT2D eigenvalue weighted by Crippen LogP contribution is -2.11. The molecule has 1 rings (SSSR count). The summed E-state index contributed by atoms with van der Waals surface area (Å²) in [5.41, 5.74) is 2.05. The van der Waals surface area contributed by atoms with Gasteiger partial charge in [-0.3, -0.25) is 0 Å². The van der Waals surface area contributed by atoms with Gasteiger partial charge in [0, 0.05) is 0 Å². The Morgan fingerprint density at radius 2 is 2.20 bits per heavy atom. The summed E-state index contributed by atoms with van der Waals surface area (Å²) in [4.78, 5) is 15.8. The van der Waals surface area contributed by atoms with E-state index in [-0.39, 0.29) is 5.97 Å². The lowest BCUT2D eigenvalue weighted by atomic mass is 10.1. The average molecular weight is 228 g/mol. The normalized spacial score (nSPS) is 10.1. The monoisotopic (exact) mass is 227 g/mol. The van der Waals surface area contributed by atoms with E-state index >= 15 is 0 Å². The zero-order valence-corrected chi connectivity index (χ0v) is 9.89. The quantitative estimate of drug-likeness (QED) is 0.589. The van der Waals surface area contributed by atoms with Crippen LogP contribution < -0.4 is 0 Å². The van der Waals surface area contributed by atoms with Gasteiger partial charge in [0.1, 0.15) is 5.15 Å². The highest BCUT2D eigenvalue weighted by molar-refractivity contribution is 6.29. The summed E-state index contributed by atoms with van der Waals surface area (Å²) in [6.45, 7) is 5.91. The van der Waals surface area contributed by atoms with Crippen LogP contribution in [0.1, 0.15) is 35.5 Å². The molecule has 0 saturated carbocycles. The minimum atomic E-state index is -0.323. The number of carbonyl (C=O) groups is 1. The number of carbonyl (C=O) groups excluding carboxylic acids is 1. The molecule has 0 fully saturated rings. The second kappa shape index (κ2) is 5.12. The molecule has 0 aliphatic rings. The molecule has 0 atom stereocenters. The number of halogens is 1. The SMILES string of the molecule is CCOC(=O)c1c(C)cc(Cl)nc1CC. The first kappa shape index (κ1) is 12.0. The summed E-state index contributed by atoms with van der Waals surface area (Å²) in [5, 5.41) is 0.414. The lowest BCUT2D eigenvalue weighted by Gasteiger charge is -2.09. The molecule has 0 spiro atoms. The maximum absolute atomic E-state index is 11.7. The summed E-state index contributed by atoms with van der Waals surface area (Å²) < 4.78 is 4.97. The Morgan fingerprint density at radius 1 is 1.53 bits per heavy atom. The third kappa shape index (κ3) is 2.69. The third-order valence-corrected chi connectivity index (χ3v) is 2.27. The zero-order chi connectivity index (χ0) is 11.4. The molecule has 0 N–H and O–H groups in total. The highest BCUT2D eigenvalue weighted by Gasteiger charge is 2.16. The van der Waals surface area contributed by atoms with E-state index in [1.165, 1.54) is 0 Å². The van der Waals surface area contributed by atoms with Crippen molar-refractivity contribution in [2.45, 2.75) is 27.2 Å². The summed E-state index contributed by atoms with van der Waals surface area (Å²) in [6, 6.07) is 1.67. The van der Waals surface area contributed by atoms with E-state index in [1.54, 1.807) is 13.0 Å². The third-order valence-electron chi connectivity index (χ3n) is 2.07. The molecule has 0 amide bonds. The summed E-state index contributed by atoms with van der Waals surface area (Å²) in [6.07, 6.45) is 0.662. The van der Waals surface area contributed by atoms with Crippen LogP contribution in [0.15, 0.2) is 6.07 Å². The fraction of sp³-hybridized carbons (Fsp3) is 0.455. The smallest absolute Gasteiger partial charge is 0.340 e. The van der Waals surface area contributed by atoms with E-state index in [2.05, 4.69) is 4.98 Å². The molecular weight excluding hydrogens is 214 g/mol. The minimum Gasteiger partial charge on any atom is -0.462 e. The lowest BCUT2D eigenvalue weighted by molar-refractivity contribution is 0.0523. The number of nitrogens with zero attached hydrogens (tertiary/aromatic N) is 1. The molecule has 0 radical (unpaired) electrons. The van der Waals surface area contributed by atoms with E-state index in [1.807, 2.05) is 13.8 Å². The molecule has 15 heavy (non-hydrogen) atoms. The van der Waals surface area contributed by atoms with E-state index in [0.29, 0.717) is 29.4 Å². The topological polar surface area (TPSA) is 39.2 Å². The van der Waals surface area contributed by atoms with Gasteiger partial charge >= 0.3 is 5.97 Å².